The molecule has 0 amide bonds. The average molecular weight is 135 g/mol. The lowest BCUT2D eigenvalue weighted by atomic mass is 10.2. The van der Waals surface area contributed by atoms with Crippen molar-refractivity contribution in [1.29, 1.82) is 0 Å². The molecule has 1 rings (SSSR count). The molecule has 1 saturated heterocycles. The van der Waals surface area contributed by atoms with Gasteiger partial charge in [-0.1, -0.05) is 31.7 Å². The monoisotopic (exact) mass is 135 g/mol. The Kier molecular flexibility index (Phi) is 1.89. The molecule has 1 heterocycles. The van der Waals surface area contributed by atoms with Gasteiger partial charge in [0.25, 0.3) is 0 Å². The number of hydrogen-bond donors (Lipinski definition) is 1. The Morgan fingerprint density at radius 2 is 2.57 bits per heavy atom. The summed E-state index contributed by atoms with van der Waals surface area (Å²) in [5.74, 6) is 2.08. The predicted molar refractivity (Wildman–Crippen MR) is 37.3 cm³/mol. The summed E-state index contributed by atoms with van der Waals surface area (Å²) in [5, 5.41) is 0. The van der Waals surface area contributed by atoms with Gasteiger partial charge in [-0.2, -0.15) is 3.71 Å². The highest BCUT2D eigenvalue weighted by Gasteiger charge is 2.15. The second-order valence-corrected chi connectivity index (χ2v) is 3.72. The third-order valence-electron chi connectivity index (χ3n) is 0.976. The highest BCUT2D eigenvalue weighted by Crippen LogP contribution is 2.25. The van der Waals surface area contributed by atoms with E-state index in [0.29, 0.717) is 0 Å². The van der Waals surface area contributed by atoms with Crippen molar-refractivity contribution in [1.82, 2.24) is 3.71 Å². The van der Waals surface area contributed by atoms with Gasteiger partial charge < -0.3 is 0 Å². The van der Waals surface area contributed by atoms with Crippen LogP contribution in [-0.2, 0) is 0 Å². The normalized spacial score (nSPS) is 34.3. The minimum Gasteiger partial charge on any atom is -0.197 e. The number of rotatable bonds is 0. The zero-order valence-electron chi connectivity index (χ0n) is 4.29. The van der Waals surface area contributed by atoms with E-state index < -0.39 is 0 Å². The third kappa shape index (κ3) is 1.55. The van der Waals surface area contributed by atoms with E-state index in [1.807, 2.05) is 3.71 Å². The summed E-state index contributed by atoms with van der Waals surface area (Å²) < 4.78 is 1.99. The molecule has 1 fully saturated rings. The second kappa shape index (κ2) is 2.29. The van der Waals surface area contributed by atoms with Crippen LogP contribution in [-0.4, -0.2) is 16.0 Å². The Balaban J connectivity index is 2.26. The molecule has 3 heteroatoms. The summed E-state index contributed by atoms with van der Waals surface area (Å²) in [7, 11) is 0. The minimum absolute atomic E-state index is 0.836. The Morgan fingerprint density at radius 3 is 2.71 bits per heavy atom. The molecule has 1 aliphatic rings. The SMILES string of the molecule is CC1CSN(S)C1. The van der Waals surface area contributed by atoms with E-state index in [1.165, 1.54) is 5.75 Å². The molecule has 1 nitrogen and oxygen atoms in total. The third-order valence-corrected chi connectivity index (χ3v) is 2.65. The standard InChI is InChI=1S/C4H9NS2/c1-4-2-5(6)7-3-4/h4,6H,2-3H2,1H3. The van der Waals surface area contributed by atoms with Gasteiger partial charge in [-0.15, -0.1) is 0 Å². The molecular weight excluding hydrogens is 126 g/mol. The van der Waals surface area contributed by atoms with Gasteiger partial charge in [-0.25, -0.2) is 0 Å². The van der Waals surface area contributed by atoms with Crippen LogP contribution in [0.3, 0.4) is 0 Å². The molecule has 0 aliphatic carbocycles. The van der Waals surface area contributed by atoms with Gasteiger partial charge in [0, 0.05) is 12.3 Å². The van der Waals surface area contributed by atoms with Crippen molar-refractivity contribution in [3.05, 3.63) is 0 Å². The molecule has 0 saturated carbocycles. The van der Waals surface area contributed by atoms with Crippen LogP contribution in [0.25, 0.3) is 0 Å². The van der Waals surface area contributed by atoms with E-state index in [1.54, 1.807) is 11.9 Å². The topological polar surface area (TPSA) is 3.24 Å². The fraction of sp³-hybridized carbons (Fsp3) is 1.00. The van der Waals surface area contributed by atoms with E-state index >= 15 is 0 Å². The molecule has 0 aromatic rings. The van der Waals surface area contributed by atoms with E-state index in [9.17, 15) is 0 Å². The Labute approximate surface area is 54.1 Å². The fourth-order valence-electron chi connectivity index (χ4n) is 0.585. The molecule has 0 radical (unpaired) electrons. The van der Waals surface area contributed by atoms with E-state index in [-0.39, 0.29) is 0 Å². The molecular formula is C4H9NS2. The first kappa shape index (κ1) is 5.79. The van der Waals surface area contributed by atoms with Crippen LogP contribution in [0, 0.1) is 5.92 Å². The van der Waals surface area contributed by atoms with Crippen LogP contribution in [0.4, 0.5) is 0 Å². The van der Waals surface area contributed by atoms with Gasteiger partial charge in [0.2, 0.25) is 0 Å². The molecule has 42 valence electrons. The molecule has 0 spiro atoms. The first-order valence-electron chi connectivity index (χ1n) is 2.38. The highest BCUT2D eigenvalue weighted by atomic mass is 32.2. The summed E-state index contributed by atoms with van der Waals surface area (Å²) in [6.07, 6.45) is 0. The van der Waals surface area contributed by atoms with Crippen LogP contribution in [0.1, 0.15) is 6.92 Å². The van der Waals surface area contributed by atoms with Crippen LogP contribution in [0.5, 0.6) is 0 Å². The quantitative estimate of drug-likeness (QED) is 0.395. The van der Waals surface area contributed by atoms with Crippen molar-refractivity contribution in [2.75, 3.05) is 12.3 Å². The summed E-state index contributed by atoms with van der Waals surface area (Å²) >= 11 is 5.95. The summed E-state index contributed by atoms with van der Waals surface area (Å²) in [5.41, 5.74) is 0. The van der Waals surface area contributed by atoms with Crippen molar-refractivity contribution in [2.24, 2.45) is 5.92 Å². The van der Waals surface area contributed by atoms with Crippen LogP contribution >= 0.6 is 24.8 Å². The average Bonchev–Trinajstić information content (AvgIpc) is 1.87. The van der Waals surface area contributed by atoms with Crippen molar-refractivity contribution in [2.45, 2.75) is 6.92 Å². The van der Waals surface area contributed by atoms with Crippen LogP contribution < -0.4 is 0 Å². The first-order valence-corrected chi connectivity index (χ1v) is 3.72. The van der Waals surface area contributed by atoms with Crippen molar-refractivity contribution < 1.29 is 0 Å². The predicted octanol–water partition coefficient (Wildman–Crippen LogP) is 1.43. The largest absolute Gasteiger partial charge is 0.197 e. The van der Waals surface area contributed by atoms with Crippen molar-refractivity contribution >= 4 is 24.8 Å². The molecule has 7 heavy (non-hydrogen) atoms. The van der Waals surface area contributed by atoms with Crippen molar-refractivity contribution in [3.63, 3.8) is 0 Å². The van der Waals surface area contributed by atoms with E-state index in [0.717, 1.165) is 12.5 Å². The first-order chi connectivity index (χ1) is 3.29. The molecule has 0 aromatic carbocycles. The summed E-state index contributed by atoms with van der Waals surface area (Å²) in [6.45, 7) is 3.37. The lowest BCUT2D eigenvalue weighted by Crippen LogP contribution is -2.01. The minimum atomic E-state index is 0.836. The van der Waals surface area contributed by atoms with E-state index in [2.05, 4.69) is 19.7 Å². The molecule has 1 aliphatic heterocycles. The number of hydrogen-bond acceptors (Lipinski definition) is 3. The van der Waals surface area contributed by atoms with Crippen LogP contribution in [0.15, 0.2) is 0 Å². The summed E-state index contributed by atoms with van der Waals surface area (Å²) in [6, 6.07) is 0. The van der Waals surface area contributed by atoms with Gasteiger partial charge in [-0.05, 0) is 5.92 Å². The lowest BCUT2D eigenvalue weighted by Gasteiger charge is -1.99. The fourth-order valence-corrected chi connectivity index (χ4v) is 1.96. The molecule has 0 aromatic heterocycles. The Hall–Kier alpha value is 0.660. The van der Waals surface area contributed by atoms with Gasteiger partial charge in [0.1, 0.15) is 0 Å². The Bertz CT molecular complexity index is 58.7. The smallest absolute Gasteiger partial charge is 0.0234 e. The van der Waals surface area contributed by atoms with Gasteiger partial charge in [0.15, 0.2) is 0 Å². The van der Waals surface area contributed by atoms with Crippen LogP contribution in [0.2, 0.25) is 0 Å². The Morgan fingerprint density at radius 1 is 1.86 bits per heavy atom. The zero-order chi connectivity index (χ0) is 5.28. The van der Waals surface area contributed by atoms with Crippen molar-refractivity contribution in [3.8, 4) is 0 Å². The number of nitrogens with zero attached hydrogens (tertiary/aromatic N) is 1. The lowest BCUT2D eigenvalue weighted by molar-refractivity contribution is 0.608. The van der Waals surface area contributed by atoms with Gasteiger partial charge in [0.05, 0.1) is 0 Å². The molecule has 1 atom stereocenters. The summed E-state index contributed by atoms with van der Waals surface area (Å²) in [4.78, 5) is 0. The number of thiol groups is 1. The maximum absolute atomic E-state index is 4.15. The van der Waals surface area contributed by atoms with Gasteiger partial charge >= 0.3 is 0 Å². The maximum Gasteiger partial charge on any atom is 0.0234 e. The molecule has 0 N–H and O–H groups in total. The zero-order valence-corrected chi connectivity index (χ0v) is 6.01. The maximum atomic E-state index is 4.15. The van der Waals surface area contributed by atoms with Gasteiger partial charge in [-0.3, -0.25) is 0 Å². The molecule has 0 bridgehead atoms. The van der Waals surface area contributed by atoms with E-state index in [4.69, 9.17) is 0 Å². The molecule has 1 unspecified atom stereocenters. The highest BCUT2D eigenvalue weighted by molar-refractivity contribution is 8.05. The second-order valence-electron chi connectivity index (χ2n) is 1.94.